The van der Waals surface area contributed by atoms with E-state index in [9.17, 15) is 4.79 Å². The third-order valence-corrected chi connectivity index (χ3v) is 5.19. The first-order valence-corrected chi connectivity index (χ1v) is 8.94. The molecule has 1 aliphatic heterocycles. The van der Waals surface area contributed by atoms with Crippen LogP contribution in [0.4, 0.5) is 5.82 Å². The number of hydrogen-bond acceptors (Lipinski definition) is 7. The molecule has 0 bridgehead atoms. The summed E-state index contributed by atoms with van der Waals surface area (Å²) >= 11 is 1.53. The van der Waals surface area contributed by atoms with Crippen molar-refractivity contribution in [1.29, 1.82) is 5.26 Å². The SMILES string of the molecule is CN(C[C@@H]1CN(Cc2ccc(C#N)s2)CCO1)c1nccn(C)c1=O. The summed E-state index contributed by atoms with van der Waals surface area (Å²) in [4.78, 5) is 22.5. The topological polar surface area (TPSA) is 74.4 Å². The van der Waals surface area contributed by atoms with Gasteiger partial charge in [-0.3, -0.25) is 9.69 Å². The van der Waals surface area contributed by atoms with Gasteiger partial charge in [-0.15, -0.1) is 11.3 Å². The van der Waals surface area contributed by atoms with E-state index in [1.807, 2.05) is 24.1 Å². The third kappa shape index (κ3) is 4.25. The molecular weight excluding hydrogens is 338 g/mol. The van der Waals surface area contributed by atoms with Crippen LogP contribution in [-0.4, -0.2) is 53.8 Å². The molecular formula is C17H21N5O2S. The largest absolute Gasteiger partial charge is 0.374 e. The van der Waals surface area contributed by atoms with Crippen molar-refractivity contribution in [2.24, 2.45) is 7.05 Å². The van der Waals surface area contributed by atoms with Crippen LogP contribution in [0.1, 0.15) is 9.75 Å². The molecule has 1 atom stereocenters. The molecule has 0 spiro atoms. The smallest absolute Gasteiger partial charge is 0.293 e. The Bertz CT molecular complexity index is 825. The number of rotatable bonds is 5. The van der Waals surface area contributed by atoms with Crippen molar-refractivity contribution in [2.45, 2.75) is 12.6 Å². The van der Waals surface area contributed by atoms with Crippen LogP contribution in [0.25, 0.3) is 0 Å². The van der Waals surface area contributed by atoms with Gasteiger partial charge in [0.1, 0.15) is 10.9 Å². The maximum absolute atomic E-state index is 12.2. The highest BCUT2D eigenvalue weighted by Crippen LogP contribution is 2.19. The summed E-state index contributed by atoms with van der Waals surface area (Å²) in [6.45, 7) is 3.75. The van der Waals surface area contributed by atoms with Crippen LogP contribution in [0.15, 0.2) is 29.3 Å². The summed E-state index contributed by atoms with van der Waals surface area (Å²) in [6, 6.07) is 6.05. The second kappa shape index (κ2) is 7.78. The molecule has 0 unspecified atom stereocenters. The molecule has 3 rings (SSSR count). The summed E-state index contributed by atoms with van der Waals surface area (Å²) in [7, 11) is 3.58. The fourth-order valence-corrected chi connectivity index (χ4v) is 3.76. The molecule has 132 valence electrons. The Hall–Kier alpha value is -2.21. The van der Waals surface area contributed by atoms with Gasteiger partial charge in [-0.2, -0.15) is 5.26 Å². The van der Waals surface area contributed by atoms with Crippen molar-refractivity contribution in [3.05, 3.63) is 44.6 Å². The number of aryl methyl sites for hydroxylation is 1. The molecule has 0 N–H and O–H groups in total. The van der Waals surface area contributed by atoms with E-state index in [0.717, 1.165) is 24.5 Å². The fourth-order valence-electron chi connectivity index (χ4n) is 2.92. The van der Waals surface area contributed by atoms with Gasteiger partial charge in [0.25, 0.3) is 5.56 Å². The second-order valence-electron chi connectivity index (χ2n) is 6.15. The third-order valence-electron chi connectivity index (χ3n) is 4.21. The first-order chi connectivity index (χ1) is 12.1. The van der Waals surface area contributed by atoms with Crippen LogP contribution < -0.4 is 10.5 Å². The zero-order chi connectivity index (χ0) is 17.8. The number of thiophene rings is 1. The normalized spacial score (nSPS) is 18.0. The Kier molecular flexibility index (Phi) is 5.48. The molecule has 25 heavy (non-hydrogen) atoms. The Balaban J connectivity index is 1.60. The minimum absolute atomic E-state index is 0.0147. The van der Waals surface area contributed by atoms with Gasteiger partial charge in [-0.25, -0.2) is 4.98 Å². The number of anilines is 1. The van der Waals surface area contributed by atoms with E-state index in [0.29, 0.717) is 19.0 Å². The summed E-state index contributed by atoms with van der Waals surface area (Å²) in [6.07, 6.45) is 3.29. The molecule has 0 amide bonds. The number of nitrogens with zero attached hydrogens (tertiary/aromatic N) is 5. The van der Waals surface area contributed by atoms with E-state index in [1.165, 1.54) is 20.8 Å². The maximum atomic E-state index is 12.2. The predicted molar refractivity (Wildman–Crippen MR) is 96.8 cm³/mol. The molecule has 2 aromatic heterocycles. The van der Waals surface area contributed by atoms with Gasteiger partial charge in [0.15, 0.2) is 5.82 Å². The van der Waals surface area contributed by atoms with Crippen molar-refractivity contribution in [3.63, 3.8) is 0 Å². The zero-order valence-electron chi connectivity index (χ0n) is 14.4. The number of hydrogen-bond donors (Lipinski definition) is 0. The van der Waals surface area contributed by atoms with Crippen LogP contribution in [0.2, 0.25) is 0 Å². The Morgan fingerprint density at radius 1 is 1.52 bits per heavy atom. The zero-order valence-corrected chi connectivity index (χ0v) is 15.2. The molecule has 0 radical (unpaired) electrons. The van der Waals surface area contributed by atoms with Gasteiger partial charge in [0.05, 0.1) is 12.7 Å². The van der Waals surface area contributed by atoms with Gasteiger partial charge >= 0.3 is 0 Å². The standard InChI is InChI=1S/C17H21N5O2S/c1-20-6-5-19-16(17(20)23)21(2)10-13-11-22(7-8-24-13)12-15-4-3-14(9-18)25-15/h3-6,13H,7-8,10-12H2,1-2H3/t13-/m1/s1. The van der Waals surface area contributed by atoms with Crippen molar-refractivity contribution < 1.29 is 4.74 Å². The summed E-state index contributed by atoms with van der Waals surface area (Å²) in [5, 5.41) is 8.94. The van der Waals surface area contributed by atoms with Gasteiger partial charge in [-0.1, -0.05) is 0 Å². The first-order valence-electron chi connectivity index (χ1n) is 8.12. The average molecular weight is 359 g/mol. The monoisotopic (exact) mass is 359 g/mol. The molecule has 1 aliphatic rings. The molecule has 0 aliphatic carbocycles. The quantitative estimate of drug-likeness (QED) is 0.794. The van der Waals surface area contributed by atoms with E-state index in [4.69, 9.17) is 10.00 Å². The van der Waals surface area contributed by atoms with E-state index < -0.39 is 0 Å². The Morgan fingerprint density at radius 3 is 3.12 bits per heavy atom. The highest BCUT2D eigenvalue weighted by molar-refractivity contribution is 7.12. The number of ether oxygens (including phenoxy) is 1. The fraction of sp³-hybridized carbons (Fsp3) is 0.471. The van der Waals surface area contributed by atoms with E-state index in [2.05, 4.69) is 16.0 Å². The highest BCUT2D eigenvalue weighted by atomic mass is 32.1. The van der Waals surface area contributed by atoms with Crippen molar-refractivity contribution in [1.82, 2.24) is 14.5 Å². The van der Waals surface area contributed by atoms with Gasteiger partial charge in [0.2, 0.25) is 0 Å². The molecule has 1 saturated heterocycles. The Labute approximate surface area is 150 Å². The number of likely N-dealkylation sites (N-methyl/N-ethyl adjacent to an activating group) is 1. The first kappa shape index (κ1) is 17.6. The van der Waals surface area contributed by atoms with Crippen LogP contribution >= 0.6 is 11.3 Å². The van der Waals surface area contributed by atoms with E-state index >= 15 is 0 Å². The second-order valence-corrected chi connectivity index (χ2v) is 7.32. The van der Waals surface area contributed by atoms with Gasteiger partial charge in [0, 0.05) is 57.5 Å². The van der Waals surface area contributed by atoms with Gasteiger partial charge < -0.3 is 14.2 Å². The molecule has 1 fully saturated rings. The van der Waals surface area contributed by atoms with Crippen LogP contribution in [0.5, 0.6) is 0 Å². The summed E-state index contributed by atoms with van der Waals surface area (Å²) in [5.74, 6) is 0.433. The summed E-state index contributed by atoms with van der Waals surface area (Å²) in [5.41, 5.74) is -0.111. The number of nitriles is 1. The van der Waals surface area contributed by atoms with Crippen molar-refractivity contribution >= 4 is 17.2 Å². The minimum atomic E-state index is -0.111. The van der Waals surface area contributed by atoms with Crippen LogP contribution in [0, 0.1) is 11.3 Å². The minimum Gasteiger partial charge on any atom is -0.374 e. The van der Waals surface area contributed by atoms with Crippen molar-refractivity contribution in [3.8, 4) is 6.07 Å². The van der Waals surface area contributed by atoms with Crippen LogP contribution in [0.3, 0.4) is 0 Å². The van der Waals surface area contributed by atoms with Crippen molar-refractivity contribution in [2.75, 3.05) is 38.2 Å². The molecule has 8 heteroatoms. The van der Waals surface area contributed by atoms with E-state index in [-0.39, 0.29) is 11.7 Å². The lowest BCUT2D eigenvalue weighted by Crippen LogP contribution is -2.47. The average Bonchev–Trinajstić information content (AvgIpc) is 3.05. The lowest BCUT2D eigenvalue weighted by atomic mass is 10.2. The van der Waals surface area contributed by atoms with Gasteiger partial charge in [-0.05, 0) is 12.1 Å². The number of aromatic nitrogens is 2. The lowest BCUT2D eigenvalue weighted by molar-refractivity contribution is -0.0262. The molecule has 7 nitrogen and oxygen atoms in total. The van der Waals surface area contributed by atoms with Crippen LogP contribution in [-0.2, 0) is 18.3 Å². The molecule has 3 heterocycles. The summed E-state index contributed by atoms with van der Waals surface area (Å²) < 4.78 is 7.39. The van der Waals surface area contributed by atoms with E-state index in [1.54, 1.807) is 19.4 Å². The highest BCUT2D eigenvalue weighted by Gasteiger charge is 2.23. The molecule has 0 saturated carbocycles. The maximum Gasteiger partial charge on any atom is 0.293 e. The molecule has 0 aromatic carbocycles. The predicted octanol–water partition coefficient (Wildman–Crippen LogP) is 1.05. The number of morpholine rings is 1. The molecule has 2 aromatic rings. The lowest BCUT2D eigenvalue weighted by Gasteiger charge is -2.34. The Morgan fingerprint density at radius 2 is 2.36 bits per heavy atom.